The number of amides is 1. The summed E-state index contributed by atoms with van der Waals surface area (Å²) >= 11 is 1.66. The molecular weight excluding hydrogens is 310 g/mol. The van der Waals surface area contributed by atoms with Crippen LogP contribution in [0.4, 0.5) is 0 Å². The zero-order valence-electron chi connectivity index (χ0n) is 13.2. The van der Waals surface area contributed by atoms with E-state index in [1.165, 1.54) is 0 Å². The van der Waals surface area contributed by atoms with Crippen LogP contribution >= 0.6 is 11.3 Å². The summed E-state index contributed by atoms with van der Waals surface area (Å²) in [6.45, 7) is 2.64. The van der Waals surface area contributed by atoms with Gasteiger partial charge in [0.25, 0.3) is 0 Å². The van der Waals surface area contributed by atoms with Gasteiger partial charge in [-0.25, -0.2) is 4.98 Å². The van der Waals surface area contributed by atoms with E-state index in [1.807, 2.05) is 24.3 Å². The molecule has 0 aliphatic carbocycles. The summed E-state index contributed by atoms with van der Waals surface area (Å²) in [6, 6.07) is 7.95. The largest absolute Gasteiger partial charge is 0.497 e. The van der Waals surface area contributed by atoms with Crippen molar-refractivity contribution in [2.45, 2.75) is 19.4 Å². The molecule has 0 radical (unpaired) electrons. The Morgan fingerprint density at radius 2 is 2.04 bits per heavy atom. The van der Waals surface area contributed by atoms with Crippen LogP contribution in [0.3, 0.4) is 0 Å². The smallest absolute Gasteiger partial charge is 0.220 e. The Labute approximate surface area is 140 Å². The Morgan fingerprint density at radius 3 is 2.65 bits per heavy atom. The summed E-state index contributed by atoms with van der Waals surface area (Å²) in [6.07, 6.45) is 1.70. The number of hydrogen-bond acceptors (Lipinski definition) is 5. The molecule has 5 nitrogen and oxygen atoms in total. The minimum Gasteiger partial charge on any atom is -0.497 e. The molecule has 1 fully saturated rings. The van der Waals surface area contributed by atoms with Gasteiger partial charge in [-0.2, -0.15) is 0 Å². The average molecular weight is 331 g/mol. The van der Waals surface area contributed by atoms with E-state index < -0.39 is 0 Å². The van der Waals surface area contributed by atoms with Gasteiger partial charge in [-0.05, 0) is 50.2 Å². The average Bonchev–Trinajstić information content (AvgIpc) is 3.04. The van der Waals surface area contributed by atoms with Crippen molar-refractivity contribution in [2.24, 2.45) is 11.7 Å². The standard InChI is InChI=1S/C17H21N3O2S/c1-22-15-4-2-13(3-5-15)17-19-14(11-23-17)10-20-8-6-12(7-9-20)16(18)21/h2-5,11-12H,6-10H2,1H3,(H2,18,21). The van der Waals surface area contributed by atoms with E-state index in [4.69, 9.17) is 15.5 Å². The molecule has 1 aliphatic rings. The van der Waals surface area contributed by atoms with Gasteiger partial charge >= 0.3 is 0 Å². The Morgan fingerprint density at radius 1 is 1.35 bits per heavy atom. The number of thiazole rings is 1. The molecule has 0 unspecified atom stereocenters. The van der Waals surface area contributed by atoms with Crippen molar-refractivity contribution in [1.29, 1.82) is 0 Å². The van der Waals surface area contributed by atoms with Gasteiger partial charge in [0, 0.05) is 23.4 Å². The van der Waals surface area contributed by atoms with Crippen LogP contribution in [-0.4, -0.2) is 36.0 Å². The number of nitrogens with zero attached hydrogens (tertiary/aromatic N) is 2. The quantitative estimate of drug-likeness (QED) is 0.914. The van der Waals surface area contributed by atoms with E-state index in [-0.39, 0.29) is 11.8 Å². The Kier molecular flexibility index (Phi) is 4.93. The molecule has 0 bridgehead atoms. The van der Waals surface area contributed by atoms with Gasteiger partial charge in [-0.3, -0.25) is 9.69 Å². The maximum atomic E-state index is 11.2. The van der Waals surface area contributed by atoms with Crippen molar-refractivity contribution in [2.75, 3.05) is 20.2 Å². The summed E-state index contributed by atoms with van der Waals surface area (Å²) in [7, 11) is 1.66. The molecule has 0 atom stereocenters. The molecule has 6 heteroatoms. The molecule has 1 saturated heterocycles. The highest BCUT2D eigenvalue weighted by Gasteiger charge is 2.23. The van der Waals surface area contributed by atoms with E-state index in [1.54, 1.807) is 18.4 Å². The van der Waals surface area contributed by atoms with Crippen molar-refractivity contribution >= 4 is 17.2 Å². The first-order valence-electron chi connectivity index (χ1n) is 7.76. The number of benzene rings is 1. The van der Waals surface area contributed by atoms with Gasteiger partial charge in [0.1, 0.15) is 10.8 Å². The van der Waals surface area contributed by atoms with E-state index in [0.717, 1.165) is 54.5 Å². The molecule has 2 heterocycles. The zero-order valence-corrected chi connectivity index (χ0v) is 14.0. The number of likely N-dealkylation sites (tertiary alicyclic amines) is 1. The van der Waals surface area contributed by atoms with Crippen molar-refractivity contribution in [3.63, 3.8) is 0 Å². The fraction of sp³-hybridized carbons (Fsp3) is 0.412. The molecule has 1 aromatic heterocycles. The maximum Gasteiger partial charge on any atom is 0.220 e. The molecular formula is C17H21N3O2S. The highest BCUT2D eigenvalue weighted by atomic mass is 32.1. The first kappa shape index (κ1) is 16.0. The molecule has 2 N–H and O–H groups in total. The number of hydrogen-bond donors (Lipinski definition) is 1. The summed E-state index contributed by atoms with van der Waals surface area (Å²) in [5.41, 5.74) is 7.56. The third-order valence-corrected chi connectivity index (χ3v) is 5.20. The molecule has 23 heavy (non-hydrogen) atoms. The molecule has 1 aliphatic heterocycles. The molecule has 122 valence electrons. The van der Waals surface area contributed by atoms with Crippen molar-refractivity contribution in [1.82, 2.24) is 9.88 Å². The number of carbonyl (C=O) groups excluding carboxylic acids is 1. The minimum atomic E-state index is -0.167. The predicted molar refractivity (Wildman–Crippen MR) is 91.3 cm³/mol. The lowest BCUT2D eigenvalue weighted by Gasteiger charge is -2.29. The Bertz CT molecular complexity index is 661. The number of ether oxygens (including phenoxy) is 1. The van der Waals surface area contributed by atoms with Gasteiger partial charge < -0.3 is 10.5 Å². The van der Waals surface area contributed by atoms with Crippen LogP contribution < -0.4 is 10.5 Å². The Balaban J connectivity index is 1.60. The molecule has 1 aromatic carbocycles. The number of rotatable bonds is 5. The number of primary amides is 1. The second kappa shape index (κ2) is 7.10. The molecule has 2 aromatic rings. The molecule has 3 rings (SSSR count). The maximum absolute atomic E-state index is 11.2. The number of nitrogens with two attached hydrogens (primary N) is 1. The molecule has 1 amide bonds. The normalized spacial score (nSPS) is 16.4. The summed E-state index contributed by atoms with van der Waals surface area (Å²) in [5, 5.41) is 3.13. The topological polar surface area (TPSA) is 68.4 Å². The lowest BCUT2D eigenvalue weighted by atomic mass is 9.96. The van der Waals surface area contributed by atoms with E-state index in [0.29, 0.717) is 0 Å². The third-order valence-electron chi connectivity index (χ3n) is 4.26. The van der Waals surface area contributed by atoms with Gasteiger partial charge in [0.05, 0.1) is 12.8 Å². The van der Waals surface area contributed by atoms with Crippen molar-refractivity contribution in [3.8, 4) is 16.3 Å². The van der Waals surface area contributed by atoms with Crippen molar-refractivity contribution in [3.05, 3.63) is 35.3 Å². The fourth-order valence-corrected chi connectivity index (χ4v) is 3.67. The van der Waals surface area contributed by atoms with Crippen LogP contribution in [0.5, 0.6) is 5.75 Å². The number of piperidine rings is 1. The monoisotopic (exact) mass is 331 g/mol. The van der Waals surface area contributed by atoms with E-state index in [9.17, 15) is 4.79 Å². The summed E-state index contributed by atoms with van der Waals surface area (Å²) < 4.78 is 5.18. The Hall–Kier alpha value is -1.92. The lowest BCUT2D eigenvalue weighted by molar-refractivity contribution is -0.123. The molecule has 0 spiro atoms. The van der Waals surface area contributed by atoms with E-state index in [2.05, 4.69) is 10.3 Å². The van der Waals surface area contributed by atoms with Crippen molar-refractivity contribution < 1.29 is 9.53 Å². The number of carbonyl (C=O) groups is 1. The SMILES string of the molecule is COc1ccc(-c2nc(CN3CCC(C(N)=O)CC3)cs2)cc1. The van der Waals surface area contributed by atoms with Crippen LogP contribution in [-0.2, 0) is 11.3 Å². The van der Waals surface area contributed by atoms with Gasteiger partial charge in [-0.15, -0.1) is 11.3 Å². The third kappa shape index (κ3) is 3.89. The highest BCUT2D eigenvalue weighted by Crippen LogP contribution is 2.27. The van der Waals surface area contributed by atoms with Crippen LogP contribution in [0.2, 0.25) is 0 Å². The van der Waals surface area contributed by atoms with Crippen LogP contribution in [0.25, 0.3) is 10.6 Å². The number of methoxy groups -OCH3 is 1. The summed E-state index contributed by atoms with van der Waals surface area (Å²) in [4.78, 5) is 18.3. The zero-order chi connectivity index (χ0) is 16.2. The van der Waals surface area contributed by atoms with Crippen LogP contribution in [0.1, 0.15) is 18.5 Å². The van der Waals surface area contributed by atoms with Crippen LogP contribution in [0.15, 0.2) is 29.6 Å². The minimum absolute atomic E-state index is 0.0385. The summed E-state index contributed by atoms with van der Waals surface area (Å²) in [5.74, 6) is 0.722. The lowest BCUT2D eigenvalue weighted by Crippen LogP contribution is -2.38. The predicted octanol–water partition coefficient (Wildman–Crippen LogP) is 2.52. The first-order valence-corrected chi connectivity index (χ1v) is 8.64. The highest BCUT2D eigenvalue weighted by molar-refractivity contribution is 7.13. The molecule has 0 saturated carbocycles. The second-order valence-electron chi connectivity index (χ2n) is 5.83. The van der Waals surface area contributed by atoms with Crippen LogP contribution in [0, 0.1) is 5.92 Å². The second-order valence-corrected chi connectivity index (χ2v) is 6.68. The van der Waals surface area contributed by atoms with Gasteiger partial charge in [0.2, 0.25) is 5.91 Å². The number of aromatic nitrogens is 1. The fourth-order valence-electron chi connectivity index (χ4n) is 2.85. The van der Waals surface area contributed by atoms with Gasteiger partial charge in [-0.1, -0.05) is 0 Å². The van der Waals surface area contributed by atoms with E-state index >= 15 is 0 Å². The first-order chi connectivity index (χ1) is 11.2. The van der Waals surface area contributed by atoms with Gasteiger partial charge in [0.15, 0.2) is 0 Å².